The first-order valence-corrected chi connectivity index (χ1v) is 11.7. The summed E-state index contributed by atoms with van der Waals surface area (Å²) >= 11 is 0. The molecular formula is C23H32N2O5. The van der Waals surface area contributed by atoms with Crippen molar-refractivity contribution in [1.29, 1.82) is 0 Å². The van der Waals surface area contributed by atoms with Gasteiger partial charge in [0, 0.05) is 17.4 Å². The fourth-order valence-corrected chi connectivity index (χ4v) is 7.63. The molecule has 0 aromatic rings. The number of nitrogens with one attached hydrogen (secondary N) is 2. The Balaban J connectivity index is 1.08. The van der Waals surface area contributed by atoms with Crippen LogP contribution in [0.5, 0.6) is 0 Å². The van der Waals surface area contributed by atoms with Crippen molar-refractivity contribution in [3.63, 3.8) is 0 Å². The number of carbonyl (C=O) groups is 4. The van der Waals surface area contributed by atoms with Gasteiger partial charge in [-0.15, -0.1) is 0 Å². The van der Waals surface area contributed by atoms with E-state index in [1.165, 1.54) is 19.3 Å². The molecule has 2 N–H and O–H groups in total. The number of hydrogen-bond acceptors (Lipinski definition) is 5. The van der Waals surface area contributed by atoms with Crippen LogP contribution in [0.4, 0.5) is 4.79 Å². The number of hydrogen-bond donors (Lipinski definition) is 2. The Morgan fingerprint density at radius 1 is 0.900 bits per heavy atom. The highest BCUT2D eigenvalue weighted by molar-refractivity contribution is 5.96. The van der Waals surface area contributed by atoms with Crippen LogP contribution in [0, 0.1) is 35.5 Å². The molecule has 3 amide bonds. The first-order chi connectivity index (χ1) is 14.4. The van der Waals surface area contributed by atoms with E-state index in [2.05, 4.69) is 10.6 Å². The first kappa shape index (κ1) is 20.0. The van der Waals surface area contributed by atoms with E-state index in [9.17, 15) is 19.2 Å². The number of amides is 3. The molecule has 0 radical (unpaired) electrons. The molecule has 6 rings (SSSR count). The summed E-state index contributed by atoms with van der Waals surface area (Å²) in [5.41, 5.74) is -0.164. The number of esters is 1. The molecule has 0 spiro atoms. The van der Waals surface area contributed by atoms with E-state index in [1.807, 2.05) is 0 Å². The maximum Gasteiger partial charge on any atom is 0.321 e. The third-order valence-electron chi connectivity index (χ3n) is 8.40. The third kappa shape index (κ3) is 3.87. The minimum Gasteiger partial charge on any atom is -0.455 e. The van der Waals surface area contributed by atoms with Crippen molar-refractivity contribution in [3.05, 3.63) is 0 Å². The van der Waals surface area contributed by atoms with Crippen LogP contribution in [-0.4, -0.2) is 35.8 Å². The Kier molecular flexibility index (Phi) is 5.10. The molecule has 164 valence electrons. The minimum absolute atomic E-state index is 0.0325. The van der Waals surface area contributed by atoms with Crippen molar-refractivity contribution in [2.45, 2.75) is 76.2 Å². The normalized spacial score (nSPS) is 41.3. The average molecular weight is 417 g/mol. The number of Topliss-reactive ketones (excluding diaryl/α,β-unsaturated/α-hetero) is 1. The molecule has 6 bridgehead atoms. The van der Waals surface area contributed by atoms with Crippen LogP contribution < -0.4 is 10.6 Å². The summed E-state index contributed by atoms with van der Waals surface area (Å²) in [6.07, 6.45) is 10.7. The zero-order chi connectivity index (χ0) is 20.9. The van der Waals surface area contributed by atoms with E-state index in [0.717, 1.165) is 38.5 Å². The van der Waals surface area contributed by atoms with Crippen LogP contribution in [0.2, 0.25) is 0 Å². The average Bonchev–Trinajstić information content (AvgIpc) is 2.64. The zero-order valence-electron chi connectivity index (χ0n) is 17.5. The molecule has 0 aliphatic heterocycles. The zero-order valence-corrected chi connectivity index (χ0v) is 17.5. The minimum atomic E-state index is -0.599. The standard InChI is InChI=1S/C23H32N2O5/c26-19(12-30-21(28)18-7-16-2-1-3-17(8-18)20(16)27)24-22(29)25-23-9-13-4-14(10-23)6-15(5-13)11-23/h13-18H,1-12H2,(H2,24,25,26,29). The number of fused-ring (bicyclic) bond motifs is 2. The summed E-state index contributed by atoms with van der Waals surface area (Å²) < 4.78 is 5.20. The Bertz CT molecular complexity index is 711. The van der Waals surface area contributed by atoms with E-state index in [1.54, 1.807) is 0 Å². The van der Waals surface area contributed by atoms with Gasteiger partial charge >= 0.3 is 12.0 Å². The smallest absolute Gasteiger partial charge is 0.321 e. The molecule has 2 atom stereocenters. The predicted octanol–water partition coefficient (Wildman–Crippen LogP) is 2.72. The van der Waals surface area contributed by atoms with Gasteiger partial charge in [-0.25, -0.2) is 4.79 Å². The summed E-state index contributed by atoms with van der Waals surface area (Å²) in [5, 5.41) is 5.43. The van der Waals surface area contributed by atoms with Gasteiger partial charge in [0.1, 0.15) is 5.78 Å². The molecular weight excluding hydrogens is 384 g/mol. The predicted molar refractivity (Wildman–Crippen MR) is 107 cm³/mol. The first-order valence-electron chi connectivity index (χ1n) is 11.7. The summed E-state index contributed by atoms with van der Waals surface area (Å²) in [7, 11) is 0. The van der Waals surface area contributed by atoms with Crippen LogP contribution in [-0.2, 0) is 19.1 Å². The van der Waals surface area contributed by atoms with Crippen molar-refractivity contribution in [2.24, 2.45) is 35.5 Å². The summed E-state index contributed by atoms with van der Waals surface area (Å²) in [5.74, 6) is 1.01. The Morgan fingerprint density at radius 2 is 1.47 bits per heavy atom. The van der Waals surface area contributed by atoms with Gasteiger partial charge in [0.25, 0.3) is 5.91 Å². The molecule has 2 unspecified atom stereocenters. The largest absolute Gasteiger partial charge is 0.455 e. The van der Waals surface area contributed by atoms with Crippen LogP contribution in [0.15, 0.2) is 0 Å². The highest BCUT2D eigenvalue weighted by atomic mass is 16.5. The van der Waals surface area contributed by atoms with Crippen molar-refractivity contribution in [1.82, 2.24) is 10.6 Å². The van der Waals surface area contributed by atoms with Gasteiger partial charge in [-0.05, 0) is 82.0 Å². The van der Waals surface area contributed by atoms with E-state index in [-0.39, 0.29) is 23.3 Å². The number of ether oxygens (including phenoxy) is 1. The van der Waals surface area contributed by atoms with Crippen LogP contribution >= 0.6 is 0 Å². The van der Waals surface area contributed by atoms with E-state index < -0.39 is 24.5 Å². The highest BCUT2D eigenvalue weighted by Crippen LogP contribution is 2.55. The van der Waals surface area contributed by atoms with Gasteiger partial charge in [-0.3, -0.25) is 19.7 Å². The maximum atomic E-state index is 12.4. The molecule has 7 nitrogen and oxygen atoms in total. The van der Waals surface area contributed by atoms with Crippen LogP contribution in [0.3, 0.4) is 0 Å². The lowest BCUT2D eigenvalue weighted by molar-refractivity contribution is -0.156. The van der Waals surface area contributed by atoms with Crippen LogP contribution in [0.1, 0.15) is 70.6 Å². The molecule has 7 heteroatoms. The fourth-order valence-electron chi connectivity index (χ4n) is 7.63. The molecule has 6 aliphatic carbocycles. The van der Waals surface area contributed by atoms with Crippen molar-refractivity contribution in [3.8, 4) is 0 Å². The van der Waals surface area contributed by atoms with E-state index in [0.29, 0.717) is 36.4 Å². The Labute approximate surface area is 177 Å². The maximum absolute atomic E-state index is 12.4. The number of imide groups is 1. The van der Waals surface area contributed by atoms with Crippen molar-refractivity contribution < 1.29 is 23.9 Å². The van der Waals surface area contributed by atoms with E-state index >= 15 is 0 Å². The van der Waals surface area contributed by atoms with Gasteiger partial charge in [0.15, 0.2) is 6.61 Å². The Hall–Kier alpha value is -1.92. The molecule has 6 saturated carbocycles. The number of rotatable bonds is 4. The van der Waals surface area contributed by atoms with E-state index in [4.69, 9.17) is 4.74 Å². The van der Waals surface area contributed by atoms with Crippen molar-refractivity contribution in [2.75, 3.05) is 6.61 Å². The quantitative estimate of drug-likeness (QED) is 0.686. The summed E-state index contributed by atoms with van der Waals surface area (Å²) in [6.45, 7) is -0.451. The fraction of sp³-hybridized carbons (Fsp3) is 0.826. The summed E-state index contributed by atoms with van der Waals surface area (Å²) in [6, 6.07) is -0.476. The number of carbonyl (C=O) groups excluding carboxylic acids is 4. The van der Waals surface area contributed by atoms with Gasteiger partial charge in [0.05, 0.1) is 5.92 Å². The van der Waals surface area contributed by atoms with Gasteiger partial charge in [-0.1, -0.05) is 6.42 Å². The summed E-state index contributed by atoms with van der Waals surface area (Å²) in [4.78, 5) is 49.2. The lowest BCUT2D eigenvalue weighted by Crippen LogP contribution is -2.62. The second-order valence-corrected chi connectivity index (χ2v) is 10.7. The molecule has 6 fully saturated rings. The SMILES string of the molecule is O=C(COC(=O)C1CC2CCCC(C1)C2=O)NC(=O)NC12CC3CC(CC(C3)C1)C2. The second kappa shape index (κ2) is 7.65. The molecule has 0 aromatic heterocycles. The second-order valence-electron chi connectivity index (χ2n) is 10.7. The lowest BCUT2D eigenvalue weighted by atomic mass is 9.53. The van der Waals surface area contributed by atoms with Crippen molar-refractivity contribution >= 4 is 23.7 Å². The number of urea groups is 1. The molecule has 6 aliphatic rings. The van der Waals surface area contributed by atoms with Gasteiger partial charge < -0.3 is 10.1 Å². The van der Waals surface area contributed by atoms with Crippen LogP contribution in [0.25, 0.3) is 0 Å². The molecule has 0 heterocycles. The Morgan fingerprint density at radius 3 is 2.03 bits per heavy atom. The monoisotopic (exact) mass is 416 g/mol. The molecule has 0 aromatic carbocycles. The van der Waals surface area contributed by atoms with Gasteiger partial charge in [-0.2, -0.15) is 0 Å². The number of ketones is 1. The molecule has 30 heavy (non-hydrogen) atoms. The lowest BCUT2D eigenvalue weighted by Gasteiger charge is -2.56. The topological polar surface area (TPSA) is 102 Å². The molecule has 0 saturated heterocycles. The van der Waals surface area contributed by atoms with Gasteiger partial charge in [0.2, 0.25) is 0 Å². The third-order valence-corrected chi connectivity index (χ3v) is 8.40. The highest BCUT2D eigenvalue weighted by Gasteiger charge is 2.51.